The van der Waals surface area contributed by atoms with Gasteiger partial charge < -0.3 is 20.3 Å². The fourth-order valence-corrected chi connectivity index (χ4v) is 2.44. The first-order valence-corrected chi connectivity index (χ1v) is 8.48. The van der Waals surface area contributed by atoms with Crippen molar-refractivity contribution in [1.82, 2.24) is 10.2 Å². The van der Waals surface area contributed by atoms with Gasteiger partial charge in [-0.3, -0.25) is 9.59 Å². The molecule has 0 aliphatic rings. The van der Waals surface area contributed by atoms with Gasteiger partial charge in [-0.25, -0.2) is 0 Å². The lowest BCUT2D eigenvalue weighted by molar-refractivity contribution is 0.0952. The molecule has 0 radical (unpaired) electrons. The van der Waals surface area contributed by atoms with Crippen molar-refractivity contribution in [2.75, 3.05) is 39.6 Å². The summed E-state index contributed by atoms with van der Waals surface area (Å²) in [5, 5.41) is 5.68. The number of amides is 2. The second kappa shape index (κ2) is 9.58. The van der Waals surface area contributed by atoms with Crippen LogP contribution in [0.5, 0.6) is 5.75 Å². The smallest absolute Gasteiger partial charge is 0.255 e. The van der Waals surface area contributed by atoms with Crippen LogP contribution >= 0.6 is 0 Å². The largest absolute Gasteiger partial charge is 0.495 e. The summed E-state index contributed by atoms with van der Waals surface area (Å²) in [7, 11) is 5.53. The Morgan fingerprint density at radius 3 is 2.38 bits per heavy atom. The van der Waals surface area contributed by atoms with Crippen LogP contribution in [0, 0.1) is 0 Å². The summed E-state index contributed by atoms with van der Waals surface area (Å²) in [6.45, 7) is 1.50. The molecule has 0 heterocycles. The molecule has 6 nitrogen and oxygen atoms in total. The zero-order valence-electron chi connectivity index (χ0n) is 15.4. The number of hydrogen-bond acceptors (Lipinski definition) is 4. The zero-order valence-corrected chi connectivity index (χ0v) is 15.4. The van der Waals surface area contributed by atoms with Crippen molar-refractivity contribution >= 4 is 17.5 Å². The molecule has 2 aromatic rings. The van der Waals surface area contributed by atoms with Gasteiger partial charge in [-0.05, 0) is 57.4 Å². The third kappa shape index (κ3) is 5.60. The molecular weight excluding hydrogens is 330 g/mol. The number of ether oxygens (including phenoxy) is 1. The highest BCUT2D eigenvalue weighted by molar-refractivity contribution is 6.06. The Labute approximate surface area is 154 Å². The maximum Gasteiger partial charge on any atom is 0.255 e. The van der Waals surface area contributed by atoms with Crippen LogP contribution in [0.2, 0.25) is 0 Å². The van der Waals surface area contributed by atoms with Gasteiger partial charge in [0.25, 0.3) is 11.8 Å². The number of hydrogen-bond donors (Lipinski definition) is 2. The maximum atomic E-state index is 12.5. The van der Waals surface area contributed by atoms with Crippen LogP contribution in [0.4, 0.5) is 5.69 Å². The molecule has 0 saturated carbocycles. The van der Waals surface area contributed by atoms with Crippen molar-refractivity contribution in [3.8, 4) is 5.75 Å². The van der Waals surface area contributed by atoms with Crippen LogP contribution in [-0.4, -0.2) is 51.0 Å². The van der Waals surface area contributed by atoms with Gasteiger partial charge in [0.1, 0.15) is 5.75 Å². The van der Waals surface area contributed by atoms with E-state index in [0.717, 1.165) is 13.0 Å². The average Bonchev–Trinajstić information content (AvgIpc) is 2.65. The van der Waals surface area contributed by atoms with Gasteiger partial charge in [0.2, 0.25) is 0 Å². The van der Waals surface area contributed by atoms with Gasteiger partial charge >= 0.3 is 0 Å². The minimum absolute atomic E-state index is 0.185. The summed E-state index contributed by atoms with van der Waals surface area (Å²) >= 11 is 0. The Morgan fingerprint density at radius 2 is 1.69 bits per heavy atom. The average molecular weight is 355 g/mol. The number of para-hydroxylation sites is 2. The highest BCUT2D eigenvalue weighted by Gasteiger charge is 2.12. The van der Waals surface area contributed by atoms with Crippen molar-refractivity contribution in [2.24, 2.45) is 0 Å². The van der Waals surface area contributed by atoms with E-state index >= 15 is 0 Å². The van der Waals surface area contributed by atoms with E-state index in [1.54, 1.807) is 43.5 Å². The molecular formula is C20H25N3O3. The molecule has 0 saturated heterocycles. The van der Waals surface area contributed by atoms with Gasteiger partial charge in [0.15, 0.2) is 0 Å². The van der Waals surface area contributed by atoms with E-state index in [1.807, 2.05) is 26.2 Å². The number of nitrogens with zero attached hydrogens (tertiary/aromatic N) is 1. The molecule has 0 unspecified atom stereocenters. The second-order valence-corrected chi connectivity index (χ2v) is 6.15. The van der Waals surface area contributed by atoms with E-state index in [4.69, 9.17) is 4.74 Å². The molecule has 0 aliphatic carbocycles. The predicted molar refractivity (Wildman–Crippen MR) is 103 cm³/mol. The third-order valence-corrected chi connectivity index (χ3v) is 3.81. The van der Waals surface area contributed by atoms with Gasteiger partial charge in [-0.2, -0.15) is 0 Å². The van der Waals surface area contributed by atoms with E-state index < -0.39 is 0 Å². The second-order valence-electron chi connectivity index (χ2n) is 6.15. The van der Waals surface area contributed by atoms with Crippen LogP contribution in [-0.2, 0) is 0 Å². The number of nitrogens with one attached hydrogen (secondary N) is 2. The van der Waals surface area contributed by atoms with Crippen LogP contribution < -0.4 is 15.4 Å². The normalized spacial score (nSPS) is 10.5. The van der Waals surface area contributed by atoms with Crippen molar-refractivity contribution in [3.05, 3.63) is 59.7 Å². The summed E-state index contributed by atoms with van der Waals surface area (Å²) < 4.78 is 5.23. The molecule has 0 atom stereocenters. The molecule has 0 bridgehead atoms. The van der Waals surface area contributed by atoms with Crippen molar-refractivity contribution in [3.63, 3.8) is 0 Å². The highest BCUT2D eigenvalue weighted by Crippen LogP contribution is 2.23. The standard InChI is InChI=1S/C20H25N3O3/c1-23(2)13-7-12-21-19(24)15-8-6-9-16(14-15)20(25)22-17-10-4-5-11-18(17)26-3/h4-6,8-11,14H,7,12-13H2,1-3H3,(H,21,24)(H,22,25). The topological polar surface area (TPSA) is 70.7 Å². The fraction of sp³-hybridized carbons (Fsp3) is 0.300. The Kier molecular flexibility index (Phi) is 7.17. The van der Waals surface area contributed by atoms with Gasteiger partial charge in [-0.15, -0.1) is 0 Å². The number of carbonyl (C=O) groups excluding carboxylic acids is 2. The summed E-state index contributed by atoms with van der Waals surface area (Å²) in [5.41, 5.74) is 1.46. The molecule has 2 rings (SSSR count). The monoisotopic (exact) mass is 355 g/mol. The number of carbonyl (C=O) groups is 2. The van der Waals surface area contributed by atoms with E-state index in [0.29, 0.717) is 29.1 Å². The molecule has 138 valence electrons. The van der Waals surface area contributed by atoms with Crippen LogP contribution in [0.25, 0.3) is 0 Å². The first kappa shape index (κ1) is 19.5. The summed E-state index contributed by atoms with van der Waals surface area (Å²) in [6.07, 6.45) is 0.868. The lowest BCUT2D eigenvalue weighted by Gasteiger charge is -2.11. The first-order chi connectivity index (χ1) is 12.5. The zero-order chi connectivity index (χ0) is 18.9. The SMILES string of the molecule is COc1ccccc1NC(=O)c1cccc(C(=O)NCCCN(C)C)c1. The minimum atomic E-state index is -0.295. The Balaban J connectivity index is 2.01. The predicted octanol–water partition coefficient (Wildman–Crippen LogP) is 2.63. The number of rotatable bonds is 8. The van der Waals surface area contributed by atoms with Crippen molar-refractivity contribution < 1.29 is 14.3 Å². The Morgan fingerprint density at radius 1 is 1.00 bits per heavy atom. The molecule has 2 aromatic carbocycles. The van der Waals surface area contributed by atoms with Crippen LogP contribution in [0.3, 0.4) is 0 Å². The van der Waals surface area contributed by atoms with E-state index in [1.165, 1.54) is 0 Å². The minimum Gasteiger partial charge on any atom is -0.495 e. The van der Waals surface area contributed by atoms with Gasteiger partial charge in [0.05, 0.1) is 12.8 Å². The van der Waals surface area contributed by atoms with Crippen LogP contribution in [0.1, 0.15) is 27.1 Å². The molecule has 2 amide bonds. The molecule has 0 aliphatic heterocycles. The molecule has 2 N–H and O–H groups in total. The van der Waals surface area contributed by atoms with E-state index in [9.17, 15) is 9.59 Å². The molecule has 0 spiro atoms. The van der Waals surface area contributed by atoms with Crippen molar-refractivity contribution in [2.45, 2.75) is 6.42 Å². The summed E-state index contributed by atoms with van der Waals surface area (Å²) in [5.74, 6) is 0.100. The highest BCUT2D eigenvalue weighted by atomic mass is 16.5. The number of benzene rings is 2. The summed E-state index contributed by atoms with van der Waals surface area (Å²) in [6, 6.07) is 13.8. The maximum absolute atomic E-state index is 12.5. The number of methoxy groups -OCH3 is 1. The Hall–Kier alpha value is -2.86. The van der Waals surface area contributed by atoms with Gasteiger partial charge in [0, 0.05) is 17.7 Å². The van der Waals surface area contributed by atoms with E-state index in [-0.39, 0.29) is 11.8 Å². The summed E-state index contributed by atoms with van der Waals surface area (Å²) in [4.78, 5) is 26.8. The quantitative estimate of drug-likeness (QED) is 0.714. The van der Waals surface area contributed by atoms with E-state index in [2.05, 4.69) is 15.5 Å². The molecule has 0 fully saturated rings. The lowest BCUT2D eigenvalue weighted by Crippen LogP contribution is -2.27. The number of anilines is 1. The lowest BCUT2D eigenvalue weighted by atomic mass is 10.1. The molecule has 6 heteroatoms. The van der Waals surface area contributed by atoms with Gasteiger partial charge in [-0.1, -0.05) is 18.2 Å². The third-order valence-electron chi connectivity index (χ3n) is 3.81. The fourth-order valence-electron chi connectivity index (χ4n) is 2.44. The van der Waals surface area contributed by atoms with Crippen molar-refractivity contribution in [1.29, 1.82) is 0 Å². The Bertz CT molecular complexity index is 759. The first-order valence-electron chi connectivity index (χ1n) is 8.48. The molecule has 0 aromatic heterocycles. The van der Waals surface area contributed by atoms with Crippen LogP contribution in [0.15, 0.2) is 48.5 Å². The molecule has 26 heavy (non-hydrogen) atoms.